The van der Waals surface area contributed by atoms with Crippen LogP contribution in [0.4, 0.5) is 8.78 Å². The van der Waals surface area contributed by atoms with E-state index in [1.807, 2.05) is 0 Å². The molecule has 2 nitrogen and oxygen atoms in total. The first-order valence-corrected chi connectivity index (χ1v) is 8.52. The van der Waals surface area contributed by atoms with E-state index in [0.717, 1.165) is 51.9 Å². The highest BCUT2D eigenvalue weighted by Crippen LogP contribution is 2.33. The Morgan fingerprint density at radius 3 is 2.62 bits per heavy atom. The van der Waals surface area contributed by atoms with Gasteiger partial charge in [-0.05, 0) is 34.5 Å². The number of nitrogens with one attached hydrogen (secondary N) is 1. The molecular formula is C16H23BrF2N2. The molecule has 1 N–H and O–H groups in total. The number of rotatable bonds is 6. The van der Waals surface area contributed by atoms with Gasteiger partial charge in [0.1, 0.15) is 11.6 Å². The second kappa shape index (κ2) is 8.20. The maximum absolute atomic E-state index is 14.4. The van der Waals surface area contributed by atoms with Gasteiger partial charge in [0.25, 0.3) is 0 Å². The number of unbranched alkanes of at least 4 members (excludes halogenated alkanes) is 2. The van der Waals surface area contributed by atoms with E-state index in [2.05, 4.69) is 33.1 Å². The third kappa shape index (κ3) is 4.24. The molecule has 5 heteroatoms. The van der Waals surface area contributed by atoms with E-state index in [9.17, 15) is 8.78 Å². The van der Waals surface area contributed by atoms with Gasteiger partial charge in [-0.25, -0.2) is 8.78 Å². The summed E-state index contributed by atoms with van der Waals surface area (Å²) in [5, 5.41) is 3.29. The lowest BCUT2D eigenvalue weighted by Crippen LogP contribution is -2.45. The second-order valence-corrected chi connectivity index (χ2v) is 6.41. The lowest BCUT2D eigenvalue weighted by molar-refractivity contribution is 0.156. The minimum Gasteiger partial charge on any atom is -0.314 e. The highest BCUT2D eigenvalue weighted by atomic mass is 79.9. The summed E-state index contributed by atoms with van der Waals surface area (Å²) in [6, 6.07) is 2.63. The third-order valence-corrected chi connectivity index (χ3v) is 4.70. The Balaban J connectivity index is 2.27. The molecular weight excluding hydrogens is 338 g/mol. The molecule has 0 radical (unpaired) electrons. The van der Waals surface area contributed by atoms with Crippen molar-refractivity contribution in [3.05, 3.63) is 33.8 Å². The van der Waals surface area contributed by atoms with Crippen LogP contribution in [0.15, 0.2) is 16.6 Å². The van der Waals surface area contributed by atoms with Gasteiger partial charge in [-0.2, -0.15) is 0 Å². The van der Waals surface area contributed by atoms with Crippen LogP contribution in [0.3, 0.4) is 0 Å². The lowest BCUT2D eigenvalue weighted by Gasteiger charge is -2.35. The van der Waals surface area contributed by atoms with Crippen LogP contribution >= 0.6 is 15.9 Å². The van der Waals surface area contributed by atoms with Gasteiger partial charge < -0.3 is 5.32 Å². The molecule has 1 aliphatic rings. The van der Waals surface area contributed by atoms with Gasteiger partial charge >= 0.3 is 0 Å². The summed E-state index contributed by atoms with van der Waals surface area (Å²) < 4.78 is 29.0. The Hall–Kier alpha value is -0.520. The Morgan fingerprint density at radius 2 is 1.95 bits per heavy atom. The van der Waals surface area contributed by atoms with Crippen molar-refractivity contribution in [2.45, 2.75) is 38.6 Å². The predicted molar refractivity (Wildman–Crippen MR) is 85.4 cm³/mol. The molecule has 118 valence electrons. The van der Waals surface area contributed by atoms with E-state index >= 15 is 0 Å². The summed E-state index contributed by atoms with van der Waals surface area (Å²) >= 11 is 3.18. The van der Waals surface area contributed by atoms with Crippen LogP contribution in [0.1, 0.15) is 44.2 Å². The van der Waals surface area contributed by atoms with Gasteiger partial charge in [0.05, 0.1) is 4.47 Å². The van der Waals surface area contributed by atoms with Gasteiger partial charge in [0, 0.05) is 37.8 Å². The van der Waals surface area contributed by atoms with Crippen molar-refractivity contribution in [3.63, 3.8) is 0 Å². The Kier molecular flexibility index (Phi) is 6.58. The molecule has 1 aliphatic heterocycles. The summed E-state index contributed by atoms with van der Waals surface area (Å²) in [5.41, 5.74) is 0.224. The van der Waals surface area contributed by atoms with Crippen molar-refractivity contribution in [2.24, 2.45) is 0 Å². The average molecular weight is 361 g/mol. The molecule has 0 amide bonds. The summed E-state index contributed by atoms with van der Waals surface area (Å²) in [6.45, 7) is 5.56. The maximum atomic E-state index is 14.4. The summed E-state index contributed by atoms with van der Waals surface area (Å²) in [4.78, 5) is 2.21. The highest BCUT2D eigenvalue weighted by molar-refractivity contribution is 9.10. The van der Waals surface area contributed by atoms with Crippen molar-refractivity contribution in [2.75, 3.05) is 26.2 Å². The molecule has 0 aromatic heterocycles. The normalized spacial score (nSPS) is 17.9. The van der Waals surface area contributed by atoms with Crippen molar-refractivity contribution in [1.82, 2.24) is 10.2 Å². The van der Waals surface area contributed by atoms with E-state index in [1.54, 1.807) is 0 Å². The average Bonchev–Trinajstić information content (AvgIpc) is 2.51. The van der Waals surface area contributed by atoms with Crippen LogP contribution in [0.25, 0.3) is 0 Å². The fourth-order valence-electron chi connectivity index (χ4n) is 2.94. The quantitative estimate of drug-likeness (QED) is 0.602. The molecule has 1 atom stereocenters. The number of halogens is 3. The molecule has 0 unspecified atom stereocenters. The SMILES string of the molecule is CCCCC[C@H](c1c(F)ccc(Br)c1F)N1CCNCC1. The molecule has 1 heterocycles. The Labute approximate surface area is 134 Å². The maximum Gasteiger partial charge on any atom is 0.145 e. The standard InChI is InChI=1S/C16H23BrF2N2/c1-2-3-4-5-14(21-10-8-20-9-11-21)15-13(18)7-6-12(17)16(15)19/h6-7,14,20H,2-5,8-11H2,1H3/t14-/m1/s1. The zero-order valence-corrected chi connectivity index (χ0v) is 14.1. The number of nitrogens with zero attached hydrogens (tertiary/aromatic N) is 1. The smallest absolute Gasteiger partial charge is 0.145 e. The molecule has 1 saturated heterocycles. The lowest BCUT2D eigenvalue weighted by atomic mass is 9.97. The van der Waals surface area contributed by atoms with Gasteiger partial charge in [-0.1, -0.05) is 26.2 Å². The van der Waals surface area contributed by atoms with Crippen LogP contribution in [-0.4, -0.2) is 31.1 Å². The first-order chi connectivity index (χ1) is 10.1. The van der Waals surface area contributed by atoms with E-state index in [1.165, 1.54) is 12.1 Å². The zero-order chi connectivity index (χ0) is 15.2. The summed E-state index contributed by atoms with van der Waals surface area (Å²) in [5.74, 6) is -0.884. The van der Waals surface area contributed by atoms with E-state index in [4.69, 9.17) is 0 Å². The van der Waals surface area contributed by atoms with Crippen molar-refractivity contribution in [1.29, 1.82) is 0 Å². The van der Waals surface area contributed by atoms with Crippen LogP contribution in [0.2, 0.25) is 0 Å². The number of piperazine rings is 1. The topological polar surface area (TPSA) is 15.3 Å². The number of benzene rings is 1. The van der Waals surface area contributed by atoms with Crippen molar-refractivity contribution in [3.8, 4) is 0 Å². The van der Waals surface area contributed by atoms with Crippen LogP contribution in [0, 0.1) is 11.6 Å². The third-order valence-electron chi connectivity index (χ3n) is 4.09. The Morgan fingerprint density at radius 1 is 1.24 bits per heavy atom. The molecule has 1 aromatic carbocycles. The van der Waals surface area contributed by atoms with E-state index in [-0.39, 0.29) is 11.6 Å². The number of hydrogen-bond acceptors (Lipinski definition) is 2. The van der Waals surface area contributed by atoms with Crippen LogP contribution in [0.5, 0.6) is 0 Å². The van der Waals surface area contributed by atoms with Crippen molar-refractivity contribution < 1.29 is 8.78 Å². The zero-order valence-electron chi connectivity index (χ0n) is 12.5. The van der Waals surface area contributed by atoms with Crippen LogP contribution < -0.4 is 5.32 Å². The summed E-state index contributed by atoms with van der Waals surface area (Å²) in [7, 11) is 0. The van der Waals surface area contributed by atoms with Gasteiger partial charge in [-0.3, -0.25) is 4.90 Å². The van der Waals surface area contributed by atoms with E-state index < -0.39 is 11.6 Å². The first kappa shape index (κ1) is 16.8. The van der Waals surface area contributed by atoms with Gasteiger partial charge in [-0.15, -0.1) is 0 Å². The molecule has 0 spiro atoms. The minimum absolute atomic E-state index is 0.170. The monoisotopic (exact) mass is 360 g/mol. The van der Waals surface area contributed by atoms with Gasteiger partial charge in [0.15, 0.2) is 0 Å². The second-order valence-electron chi connectivity index (χ2n) is 5.55. The molecule has 2 rings (SSSR count). The van der Waals surface area contributed by atoms with Crippen molar-refractivity contribution >= 4 is 15.9 Å². The fraction of sp³-hybridized carbons (Fsp3) is 0.625. The molecule has 0 bridgehead atoms. The largest absolute Gasteiger partial charge is 0.314 e. The van der Waals surface area contributed by atoms with E-state index in [0.29, 0.717) is 4.47 Å². The predicted octanol–water partition coefficient (Wildman–Crippen LogP) is 4.25. The summed E-state index contributed by atoms with van der Waals surface area (Å²) in [6.07, 6.45) is 4.01. The Bertz CT molecular complexity index is 462. The highest BCUT2D eigenvalue weighted by Gasteiger charge is 2.28. The molecule has 0 saturated carbocycles. The number of hydrogen-bond donors (Lipinski definition) is 1. The van der Waals surface area contributed by atoms with Crippen LogP contribution in [-0.2, 0) is 0 Å². The fourth-order valence-corrected chi connectivity index (χ4v) is 3.28. The molecule has 21 heavy (non-hydrogen) atoms. The molecule has 0 aliphatic carbocycles. The minimum atomic E-state index is -0.449. The first-order valence-electron chi connectivity index (χ1n) is 7.73. The van der Waals surface area contributed by atoms with Gasteiger partial charge in [0.2, 0.25) is 0 Å². The molecule has 1 fully saturated rings. The molecule has 1 aromatic rings.